The normalized spacial score (nSPS) is 25.0. The van der Waals surface area contributed by atoms with Crippen molar-refractivity contribution in [1.82, 2.24) is 4.98 Å². The highest BCUT2D eigenvalue weighted by Gasteiger charge is 2.21. The number of aromatic nitrogens is 1. The average Bonchev–Trinajstić information content (AvgIpc) is 2.38. The maximum absolute atomic E-state index is 6.27. The van der Waals surface area contributed by atoms with Crippen LogP contribution in [0.3, 0.4) is 0 Å². The quantitative estimate of drug-likeness (QED) is 0.674. The SMILES string of the molecule is ClC1CCCC(c2ccc3ncccc3c2)C1. The van der Waals surface area contributed by atoms with E-state index >= 15 is 0 Å². The highest BCUT2D eigenvalue weighted by molar-refractivity contribution is 6.20. The molecule has 1 aliphatic rings. The van der Waals surface area contributed by atoms with E-state index < -0.39 is 0 Å². The predicted octanol–water partition coefficient (Wildman–Crippen LogP) is 4.50. The smallest absolute Gasteiger partial charge is 0.0702 e. The Hall–Kier alpha value is -1.08. The third-order valence-electron chi connectivity index (χ3n) is 3.71. The molecule has 1 aromatic carbocycles. The van der Waals surface area contributed by atoms with Crippen molar-refractivity contribution in [1.29, 1.82) is 0 Å². The summed E-state index contributed by atoms with van der Waals surface area (Å²) in [5.41, 5.74) is 2.50. The minimum atomic E-state index is 0.360. The van der Waals surface area contributed by atoms with Crippen molar-refractivity contribution in [3.63, 3.8) is 0 Å². The van der Waals surface area contributed by atoms with Gasteiger partial charge < -0.3 is 0 Å². The molecule has 1 nitrogen and oxygen atoms in total. The zero-order chi connectivity index (χ0) is 11.7. The summed E-state index contributed by atoms with van der Waals surface area (Å²) in [4.78, 5) is 4.36. The number of fused-ring (bicyclic) bond motifs is 1. The lowest BCUT2D eigenvalue weighted by Crippen LogP contribution is -2.13. The van der Waals surface area contributed by atoms with E-state index in [-0.39, 0.29) is 0 Å². The Morgan fingerprint density at radius 1 is 1.18 bits per heavy atom. The number of pyridine rings is 1. The van der Waals surface area contributed by atoms with Crippen LogP contribution in [0.1, 0.15) is 37.2 Å². The summed E-state index contributed by atoms with van der Waals surface area (Å²) >= 11 is 6.27. The van der Waals surface area contributed by atoms with Gasteiger partial charge >= 0.3 is 0 Å². The Kier molecular flexibility index (Phi) is 3.02. The van der Waals surface area contributed by atoms with Gasteiger partial charge in [0.05, 0.1) is 5.52 Å². The second-order valence-corrected chi connectivity index (χ2v) is 5.53. The number of hydrogen-bond donors (Lipinski definition) is 0. The topological polar surface area (TPSA) is 12.9 Å². The Bertz CT molecular complexity index is 523. The lowest BCUT2D eigenvalue weighted by atomic mass is 9.83. The first-order chi connectivity index (χ1) is 8.33. The zero-order valence-corrected chi connectivity index (χ0v) is 10.5. The Balaban J connectivity index is 1.94. The van der Waals surface area contributed by atoms with E-state index in [9.17, 15) is 0 Å². The summed E-state index contributed by atoms with van der Waals surface area (Å²) in [6.45, 7) is 0. The molecule has 0 aliphatic heterocycles. The van der Waals surface area contributed by atoms with Crippen LogP contribution in [0.5, 0.6) is 0 Å². The van der Waals surface area contributed by atoms with Crippen LogP contribution in [-0.2, 0) is 0 Å². The van der Waals surface area contributed by atoms with Crippen molar-refractivity contribution in [3.05, 3.63) is 42.1 Å². The Labute approximate surface area is 107 Å². The predicted molar refractivity (Wildman–Crippen MR) is 72.6 cm³/mol. The van der Waals surface area contributed by atoms with E-state index in [1.165, 1.54) is 30.2 Å². The largest absolute Gasteiger partial charge is 0.256 e. The van der Waals surface area contributed by atoms with Gasteiger partial charge in [-0.25, -0.2) is 0 Å². The molecule has 1 heterocycles. The van der Waals surface area contributed by atoms with Gasteiger partial charge in [-0.15, -0.1) is 11.6 Å². The summed E-state index contributed by atoms with van der Waals surface area (Å²) in [7, 11) is 0. The minimum absolute atomic E-state index is 0.360. The molecule has 1 saturated carbocycles. The number of hydrogen-bond acceptors (Lipinski definition) is 1. The first-order valence-corrected chi connectivity index (χ1v) is 6.75. The van der Waals surface area contributed by atoms with E-state index in [2.05, 4.69) is 29.2 Å². The van der Waals surface area contributed by atoms with Crippen LogP contribution in [-0.4, -0.2) is 10.4 Å². The van der Waals surface area contributed by atoms with Gasteiger partial charge in [0, 0.05) is 17.0 Å². The number of alkyl halides is 1. The molecular formula is C15H16ClN. The number of rotatable bonds is 1. The average molecular weight is 246 g/mol. The zero-order valence-electron chi connectivity index (χ0n) is 9.77. The standard InChI is InChI=1S/C15H16ClN/c16-14-5-1-3-11(10-14)12-6-7-15-13(9-12)4-2-8-17-15/h2,4,6-9,11,14H,1,3,5,10H2. The first kappa shape index (κ1) is 11.0. The van der Waals surface area contributed by atoms with E-state index in [4.69, 9.17) is 11.6 Å². The van der Waals surface area contributed by atoms with Gasteiger partial charge in [-0.1, -0.05) is 18.6 Å². The fourth-order valence-electron chi connectivity index (χ4n) is 2.78. The van der Waals surface area contributed by atoms with Crippen molar-refractivity contribution in [2.45, 2.75) is 37.0 Å². The molecule has 1 aromatic heterocycles. The van der Waals surface area contributed by atoms with E-state index in [0.29, 0.717) is 11.3 Å². The Morgan fingerprint density at radius 3 is 3.00 bits per heavy atom. The van der Waals surface area contributed by atoms with Gasteiger partial charge in [-0.3, -0.25) is 4.98 Å². The van der Waals surface area contributed by atoms with Gasteiger partial charge in [-0.2, -0.15) is 0 Å². The van der Waals surface area contributed by atoms with Crippen molar-refractivity contribution in [2.75, 3.05) is 0 Å². The summed E-state index contributed by atoms with van der Waals surface area (Å²) in [6, 6.07) is 10.8. The third-order valence-corrected chi connectivity index (χ3v) is 4.11. The monoisotopic (exact) mass is 245 g/mol. The van der Waals surface area contributed by atoms with E-state index in [0.717, 1.165) is 11.9 Å². The molecule has 0 saturated heterocycles. The van der Waals surface area contributed by atoms with Gasteiger partial charge in [0.15, 0.2) is 0 Å². The summed E-state index contributed by atoms with van der Waals surface area (Å²) in [5, 5.41) is 1.60. The fourth-order valence-corrected chi connectivity index (χ4v) is 3.15. The number of benzene rings is 1. The first-order valence-electron chi connectivity index (χ1n) is 6.32. The van der Waals surface area contributed by atoms with Crippen molar-refractivity contribution in [3.8, 4) is 0 Å². The van der Waals surface area contributed by atoms with Crippen LogP contribution in [0, 0.1) is 0 Å². The molecule has 2 atom stereocenters. The van der Waals surface area contributed by atoms with Gasteiger partial charge in [-0.05, 0) is 48.9 Å². The summed E-state index contributed by atoms with van der Waals surface area (Å²) < 4.78 is 0. The highest BCUT2D eigenvalue weighted by Crippen LogP contribution is 2.35. The van der Waals surface area contributed by atoms with Crippen molar-refractivity contribution >= 4 is 22.5 Å². The Morgan fingerprint density at radius 2 is 2.12 bits per heavy atom. The van der Waals surface area contributed by atoms with E-state index in [1.54, 1.807) is 0 Å². The van der Waals surface area contributed by atoms with Gasteiger partial charge in [0.1, 0.15) is 0 Å². The lowest BCUT2D eigenvalue weighted by molar-refractivity contribution is 0.450. The van der Waals surface area contributed by atoms with Crippen LogP contribution in [0.2, 0.25) is 0 Å². The molecule has 0 amide bonds. The van der Waals surface area contributed by atoms with Crippen LogP contribution in [0.25, 0.3) is 10.9 Å². The fraction of sp³-hybridized carbons (Fsp3) is 0.400. The van der Waals surface area contributed by atoms with Crippen LogP contribution in [0.4, 0.5) is 0 Å². The molecule has 2 heteroatoms. The molecule has 0 N–H and O–H groups in total. The molecule has 1 aliphatic carbocycles. The van der Waals surface area contributed by atoms with Crippen molar-refractivity contribution < 1.29 is 0 Å². The number of nitrogens with zero attached hydrogens (tertiary/aromatic N) is 1. The third kappa shape index (κ3) is 2.30. The molecule has 1 fully saturated rings. The molecule has 0 bridgehead atoms. The molecule has 2 unspecified atom stereocenters. The maximum Gasteiger partial charge on any atom is 0.0702 e. The summed E-state index contributed by atoms with van der Waals surface area (Å²) in [6.07, 6.45) is 6.66. The molecular weight excluding hydrogens is 230 g/mol. The molecule has 2 aromatic rings. The van der Waals surface area contributed by atoms with Gasteiger partial charge in [0.2, 0.25) is 0 Å². The minimum Gasteiger partial charge on any atom is -0.256 e. The maximum atomic E-state index is 6.27. The highest BCUT2D eigenvalue weighted by atomic mass is 35.5. The number of halogens is 1. The molecule has 3 rings (SSSR count). The van der Waals surface area contributed by atoms with E-state index in [1.807, 2.05) is 12.3 Å². The van der Waals surface area contributed by atoms with Crippen LogP contribution in [0.15, 0.2) is 36.5 Å². The molecule has 88 valence electrons. The van der Waals surface area contributed by atoms with Crippen molar-refractivity contribution in [2.24, 2.45) is 0 Å². The molecule has 0 radical (unpaired) electrons. The molecule has 0 spiro atoms. The second-order valence-electron chi connectivity index (χ2n) is 4.92. The molecule has 17 heavy (non-hydrogen) atoms. The van der Waals surface area contributed by atoms with Crippen LogP contribution < -0.4 is 0 Å². The lowest BCUT2D eigenvalue weighted by Gasteiger charge is -2.25. The van der Waals surface area contributed by atoms with Crippen LogP contribution >= 0.6 is 11.6 Å². The van der Waals surface area contributed by atoms with Gasteiger partial charge in [0.25, 0.3) is 0 Å². The summed E-state index contributed by atoms with van der Waals surface area (Å²) in [5.74, 6) is 0.635. The second kappa shape index (κ2) is 4.66.